The summed E-state index contributed by atoms with van der Waals surface area (Å²) in [5.41, 5.74) is 4.63. The van der Waals surface area contributed by atoms with Crippen LogP contribution in [0.1, 0.15) is 0 Å². The molecule has 3 N–H and O–H groups in total. The molecule has 1 aromatic rings. The van der Waals surface area contributed by atoms with E-state index in [1.54, 1.807) is 0 Å². The summed E-state index contributed by atoms with van der Waals surface area (Å²) in [5, 5.41) is 0. The fraction of sp³-hybridized carbons (Fsp3) is 0.167. The Morgan fingerprint density at radius 2 is 1.67 bits per heavy atom. The van der Waals surface area contributed by atoms with E-state index in [0.717, 1.165) is 24.5 Å². The molecule has 0 fully saturated rings. The van der Waals surface area contributed by atoms with Crippen molar-refractivity contribution in [1.29, 1.82) is 0 Å². The van der Waals surface area contributed by atoms with Crippen molar-refractivity contribution in [3.8, 4) is 0 Å². The number of anilines is 2. The minimum absolute atomic E-state index is 0.807. The molecule has 0 aliphatic heterocycles. The smallest absolute Gasteiger partial charge is 0.0486 e. The molecule has 15 heavy (non-hydrogen) atoms. The maximum absolute atomic E-state index is 5.30. The second kappa shape index (κ2) is 5.88. The molecular weight excluding hydrogens is 186 g/mol. The molecule has 0 saturated heterocycles. The summed E-state index contributed by atoms with van der Waals surface area (Å²) in [6, 6.07) is 7.91. The molecule has 0 radical (unpaired) electrons. The number of nitrogens with one attached hydrogen (secondary N) is 1. The summed E-state index contributed by atoms with van der Waals surface area (Å²) >= 11 is 0. The number of nitrogens with zero attached hydrogens (tertiary/aromatic N) is 1. The van der Waals surface area contributed by atoms with Crippen LogP contribution in [0.15, 0.2) is 49.6 Å². The number of rotatable bonds is 6. The van der Waals surface area contributed by atoms with Crippen molar-refractivity contribution in [2.75, 3.05) is 23.4 Å². The maximum atomic E-state index is 5.30. The predicted octanol–water partition coefficient (Wildman–Crippen LogP) is 2.15. The normalized spacial score (nSPS) is 9.40. The summed E-state index contributed by atoms with van der Waals surface area (Å²) < 4.78 is 0. The summed E-state index contributed by atoms with van der Waals surface area (Å²) in [7, 11) is 0. The Bertz CT molecular complexity index is 306. The molecule has 80 valence electrons. The number of hydrazine groups is 1. The van der Waals surface area contributed by atoms with Gasteiger partial charge in [-0.1, -0.05) is 12.2 Å². The zero-order chi connectivity index (χ0) is 11.1. The summed E-state index contributed by atoms with van der Waals surface area (Å²) in [6.07, 6.45) is 3.75. The van der Waals surface area contributed by atoms with Gasteiger partial charge in [-0.3, -0.25) is 5.84 Å². The Labute approximate surface area is 90.9 Å². The first kappa shape index (κ1) is 11.3. The lowest BCUT2D eigenvalue weighted by Gasteiger charge is -2.21. The summed E-state index contributed by atoms with van der Waals surface area (Å²) in [5.74, 6) is 5.30. The van der Waals surface area contributed by atoms with Crippen LogP contribution < -0.4 is 16.2 Å². The standard InChI is InChI=1S/C12H17N3/c1-3-9-15(10-4-2)12-7-5-11(14-13)6-8-12/h3-8,14H,1-2,9-10,13H2. The lowest BCUT2D eigenvalue weighted by atomic mass is 10.2. The highest BCUT2D eigenvalue weighted by Crippen LogP contribution is 2.17. The van der Waals surface area contributed by atoms with Gasteiger partial charge in [-0.05, 0) is 24.3 Å². The van der Waals surface area contributed by atoms with E-state index < -0.39 is 0 Å². The van der Waals surface area contributed by atoms with Gasteiger partial charge in [-0.25, -0.2) is 0 Å². The number of nitrogen functional groups attached to an aromatic ring is 1. The lowest BCUT2D eigenvalue weighted by molar-refractivity contribution is 0.957. The fourth-order valence-electron chi connectivity index (χ4n) is 1.37. The van der Waals surface area contributed by atoms with Gasteiger partial charge >= 0.3 is 0 Å². The Morgan fingerprint density at radius 3 is 2.07 bits per heavy atom. The van der Waals surface area contributed by atoms with Crippen molar-refractivity contribution >= 4 is 11.4 Å². The predicted molar refractivity (Wildman–Crippen MR) is 66.9 cm³/mol. The number of hydrogen-bond acceptors (Lipinski definition) is 3. The molecule has 3 nitrogen and oxygen atoms in total. The van der Waals surface area contributed by atoms with Crippen LogP contribution in [-0.4, -0.2) is 13.1 Å². The van der Waals surface area contributed by atoms with E-state index >= 15 is 0 Å². The molecule has 0 aromatic heterocycles. The third-order valence-electron chi connectivity index (χ3n) is 2.10. The van der Waals surface area contributed by atoms with Crippen LogP contribution >= 0.6 is 0 Å². The van der Waals surface area contributed by atoms with E-state index in [1.807, 2.05) is 36.4 Å². The van der Waals surface area contributed by atoms with Crippen LogP contribution in [0.5, 0.6) is 0 Å². The van der Waals surface area contributed by atoms with Crippen molar-refractivity contribution in [3.05, 3.63) is 49.6 Å². The molecule has 1 rings (SSSR count). The van der Waals surface area contributed by atoms with E-state index in [2.05, 4.69) is 23.5 Å². The van der Waals surface area contributed by atoms with Crippen molar-refractivity contribution in [2.24, 2.45) is 5.84 Å². The van der Waals surface area contributed by atoms with Gasteiger partial charge in [0.05, 0.1) is 0 Å². The zero-order valence-electron chi connectivity index (χ0n) is 8.82. The Hall–Kier alpha value is -1.74. The van der Waals surface area contributed by atoms with Gasteiger partial charge in [0.2, 0.25) is 0 Å². The maximum Gasteiger partial charge on any atom is 0.0486 e. The highest BCUT2D eigenvalue weighted by molar-refractivity contribution is 5.55. The van der Waals surface area contributed by atoms with Crippen molar-refractivity contribution in [2.45, 2.75) is 0 Å². The molecule has 0 aliphatic rings. The van der Waals surface area contributed by atoms with E-state index in [9.17, 15) is 0 Å². The summed E-state index contributed by atoms with van der Waals surface area (Å²) in [4.78, 5) is 2.17. The topological polar surface area (TPSA) is 41.3 Å². The molecule has 0 unspecified atom stereocenters. The van der Waals surface area contributed by atoms with E-state index in [0.29, 0.717) is 0 Å². The Morgan fingerprint density at radius 1 is 1.13 bits per heavy atom. The molecule has 0 amide bonds. The minimum Gasteiger partial charge on any atom is -0.364 e. The number of nitrogens with two attached hydrogens (primary N) is 1. The number of benzene rings is 1. The molecule has 0 aliphatic carbocycles. The number of hydrogen-bond donors (Lipinski definition) is 2. The SMILES string of the molecule is C=CCN(CC=C)c1ccc(NN)cc1. The molecule has 1 aromatic carbocycles. The van der Waals surface area contributed by atoms with Crippen LogP contribution in [0.2, 0.25) is 0 Å². The molecule has 0 heterocycles. The van der Waals surface area contributed by atoms with Gasteiger partial charge in [0.15, 0.2) is 0 Å². The largest absolute Gasteiger partial charge is 0.364 e. The third-order valence-corrected chi connectivity index (χ3v) is 2.10. The average molecular weight is 203 g/mol. The third kappa shape index (κ3) is 3.14. The van der Waals surface area contributed by atoms with E-state index in [-0.39, 0.29) is 0 Å². The van der Waals surface area contributed by atoms with Gasteiger partial charge in [-0.15, -0.1) is 13.2 Å². The lowest BCUT2D eigenvalue weighted by Crippen LogP contribution is -2.22. The van der Waals surface area contributed by atoms with Crippen LogP contribution in [-0.2, 0) is 0 Å². The van der Waals surface area contributed by atoms with Crippen molar-refractivity contribution < 1.29 is 0 Å². The first-order chi connectivity index (χ1) is 7.31. The Kier molecular flexibility index (Phi) is 4.44. The molecule has 3 heteroatoms. The molecule has 0 atom stereocenters. The molecule has 0 saturated carbocycles. The minimum atomic E-state index is 0.807. The first-order valence-corrected chi connectivity index (χ1v) is 4.85. The van der Waals surface area contributed by atoms with Crippen molar-refractivity contribution in [1.82, 2.24) is 0 Å². The second-order valence-corrected chi connectivity index (χ2v) is 3.17. The van der Waals surface area contributed by atoms with Crippen LogP contribution in [0.3, 0.4) is 0 Å². The van der Waals surface area contributed by atoms with Crippen LogP contribution in [0, 0.1) is 0 Å². The molecule has 0 spiro atoms. The molecular formula is C12H17N3. The second-order valence-electron chi connectivity index (χ2n) is 3.17. The van der Waals surface area contributed by atoms with Gasteiger partial charge in [0, 0.05) is 24.5 Å². The monoisotopic (exact) mass is 203 g/mol. The van der Waals surface area contributed by atoms with Crippen molar-refractivity contribution in [3.63, 3.8) is 0 Å². The average Bonchev–Trinajstić information content (AvgIpc) is 2.29. The van der Waals surface area contributed by atoms with Gasteiger partial charge in [0.1, 0.15) is 0 Å². The van der Waals surface area contributed by atoms with Gasteiger partial charge in [-0.2, -0.15) is 0 Å². The van der Waals surface area contributed by atoms with E-state index in [1.165, 1.54) is 0 Å². The highest BCUT2D eigenvalue weighted by Gasteiger charge is 2.01. The Balaban J connectivity index is 2.80. The van der Waals surface area contributed by atoms with Crippen LogP contribution in [0.4, 0.5) is 11.4 Å². The highest BCUT2D eigenvalue weighted by atomic mass is 15.2. The quantitative estimate of drug-likeness (QED) is 0.423. The molecule has 0 bridgehead atoms. The van der Waals surface area contributed by atoms with Gasteiger partial charge in [0.25, 0.3) is 0 Å². The first-order valence-electron chi connectivity index (χ1n) is 4.85. The fourth-order valence-corrected chi connectivity index (χ4v) is 1.37. The zero-order valence-corrected chi connectivity index (χ0v) is 8.82. The summed E-state index contributed by atoms with van der Waals surface area (Å²) in [6.45, 7) is 9.08. The van der Waals surface area contributed by atoms with Crippen LogP contribution in [0.25, 0.3) is 0 Å². The van der Waals surface area contributed by atoms with E-state index in [4.69, 9.17) is 5.84 Å². The van der Waals surface area contributed by atoms with Gasteiger partial charge < -0.3 is 10.3 Å².